The average Bonchev–Trinajstić information content (AvgIpc) is 2.62. The molecule has 110 valence electrons. The van der Waals surface area contributed by atoms with E-state index in [4.69, 9.17) is 0 Å². The van der Waals surface area contributed by atoms with Crippen LogP contribution in [0.25, 0.3) is 0 Å². The lowest BCUT2D eigenvalue weighted by molar-refractivity contribution is 0.501. The number of hydrogen-bond donors (Lipinski definition) is 2. The highest BCUT2D eigenvalue weighted by molar-refractivity contribution is 14.0. The van der Waals surface area contributed by atoms with Crippen LogP contribution < -0.4 is 10.6 Å². The Morgan fingerprint density at radius 3 is 2.58 bits per heavy atom. The molecule has 0 spiro atoms. The van der Waals surface area contributed by atoms with Crippen molar-refractivity contribution in [2.75, 3.05) is 13.1 Å². The summed E-state index contributed by atoms with van der Waals surface area (Å²) < 4.78 is 0. The van der Waals surface area contributed by atoms with Crippen LogP contribution in [0.1, 0.15) is 37.6 Å². The Labute approximate surface area is 137 Å². The van der Waals surface area contributed by atoms with E-state index in [1.54, 1.807) is 11.3 Å². The fourth-order valence-corrected chi connectivity index (χ4v) is 2.22. The normalized spacial score (nSPS) is 11.9. The third kappa shape index (κ3) is 8.41. The summed E-state index contributed by atoms with van der Waals surface area (Å²) in [5.41, 5.74) is 0.0266. The molecule has 0 radical (unpaired) electrons. The molecular formula is C13H25IN4S. The van der Waals surface area contributed by atoms with Crippen molar-refractivity contribution in [2.24, 2.45) is 4.99 Å². The second kappa shape index (κ2) is 8.73. The van der Waals surface area contributed by atoms with Crippen LogP contribution in [0, 0.1) is 6.92 Å². The van der Waals surface area contributed by atoms with Crippen molar-refractivity contribution in [3.63, 3.8) is 0 Å². The fourth-order valence-electron chi connectivity index (χ4n) is 1.44. The zero-order valence-electron chi connectivity index (χ0n) is 12.4. The molecule has 0 fully saturated rings. The predicted molar refractivity (Wildman–Crippen MR) is 94.8 cm³/mol. The zero-order valence-corrected chi connectivity index (χ0v) is 15.6. The smallest absolute Gasteiger partial charge is 0.191 e. The quantitative estimate of drug-likeness (QED) is 0.468. The number of halogens is 1. The van der Waals surface area contributed by atoms with Crippen LogP contribution in [0.3, 0.4) is 0 Å². The SMILES string of the molecule is CCNC(=NCCc1ncc(C)s1)NC(C)(C)C.I. The van der Waals surface area contributed by atoms with Gasteiger partial charge in [0.25, 0.3) is 0 Å². The highest BCUT2D eigenvalue weighted by Crippen LogP contribution is 2.11. The van der Waals surface area contributed by atoms with Crippen LogP contribution in [0.4, 0.5) is 0 Å². The second-order valence-corrected chi connectivity index (χ2v) is 6.57. The molecule has 0 aliphatic heterocycles. The van der Waals surface area contributed by atoms with Crippen molar-refractivity contribution >= 4 is 41.3 Å². The number of hydrogen-bond acceptors (Lipinski definition) is 3. The third-order valence-corrected chi connectivity index (χ3v) is 3.07. The van der Waals surface area contributed by atoms with E-state index in [1.807, 2.05) is 6.20 Å². The first-order chi connectivity index (χ1) is 8.40. The molecule has 19 heavy (non-hydrogen) atoms. The van der Waals surface area contributed by atoms with Gasteiger partial charge in [-0.1, -0.05) is 0 Å². The monoisotopic (exact) mass is 396 g/mol. The van der Waals surface area contributed by atoms with Gasteiger partial charge in [-0.3, -0.25) is 4.99 Å². The first-order valence-electron chi connectivity index (χ1n) is 6.38. The number of nitrogens with one attached hydrogen (secondary N) is 2. The molecule has 1 rings (SSSR count). The molecule has 0 aliphatic rings. The molecule has 1 aromatic rings. The van der Waals surface area contributed by atoms with Gasteiger partial charge in [-0.2, -0.15) is 0 Å². The minimum Gasteiger partial charge on any atom is -0.357 e. The summed E-state index contributed by atoms with van der Waals surface area (Å²) in [5.74, 6) is 0.873. The first kappa shape index (κ1) is 18.6. The summed E-state index contributed by atoms with van der Waals surface area (Å²) in [6.45, 7) is 12.2. The van der Waals surface area contributed by atoms with E-state index in [2.05, 4.69) is 55.2 Å². The first-order valence-corrected chi connectivity index (χ1v) is 7.20. The van der Waals surface area contributed by atoms with Gasteiger partial charge in [0.1, 0.15) is 0 Å². The number of aliphatic imine (C=N–C) groups is 1. The molecule has 0 saturated carbocycles. The highest BCUT2D eigenvalue weighted by Gasteiger charge is 2.11. The van der Waals surface area contributed by atoms with Crippen molar-refractivity contribution < 1.29 is 0 Å². The lowest BCUT2D eigenvalue weighted by Crippen LogP contribution is -2.47. The summed E-state index contributed by atoms with van der Waals surface area (Å²) in [4.78, 5) is 10.2. The largest absolute Gasteiger partial charge is 0.357 e. The van der Waals surface area contributed by atoms with E-state index in [1.165, 1.54) is 4.88 Å². The van der Waals surface area contributed by atoms with Crippen molar-refractivity contribution in [1.82, 2.24) is 15.6 Å². The van der Waals surface area contributed by atoms with Crippen molar-refractivity contribution in [1.29, 1.82) is 0 Å². The maximum Gasteiger partial charge on any atom is 0.191 e. The van der Waals surface area contributed by atoms with Gasteiger partial charge < -0.3 is 10.6 Å². The molecule has 2 N–H and O–H groups in total. The Bertz CT molecular complexity index is 396. The van der Waals surface area contributed by atoms with Crippen molar-refractivity contribution in [3.8, 4) is 0 Å². The van der Waals surface area contributed by atoms with Crippen LogP contribution in [-0.4, -0.2) is 29.6 Å². The molecular weight excluding hydrogens is 371 g/mol. The highest BCUT2D eigenvalue weighted by atomic mass is 127. The van der Waals surface area contributed by atoms with E-state index < -0.39 is 0 Å². The van der Waals surface area contributed by atoms with Gasteiger partial charge >= 0.3 is 0 Å². The Balaban J connectivity index is 0.00000324. The third-order valence-electron chi connectivity index (χ3n) is 2.10. The molecule has 0 aliphatic carbocycles. The molecule has 0 aromatic carbocycles. The summed E-state index contributed by atoms with van der Waals surface area (Å²) >= 11 is 1.74. The Morgan fingerprint density at radius 2 is 2.11 bits per heavy atom. The predicted octanol–water partition coefficient (Wildman–Crippen LogP) is 2.97. The summed E-state index contributed by atoms with van der Waals surface area (Å²) in [5, 5.41) is 7.78. The number of aryl methyl sites for hydroxylation is 1. The van der Waals surface area contributed by atoms with E-state index in [0.717, 1.165) is 30.5 Å². The molecule has 1 aromatic heterocycles. The Hall–Kier alpha value is -0.370. The number of rotatable bonds is 4. The lowest BCUT2D eigenvalue weighted by atomic mass is 10.1. The van der Waals surface area contributed by atoms with Crippen LogP contribution in [0.15, 0.2) is 11.2 Å². The summed E-state index contributed by atoms with van der Waals surface area (Å²) in [6.07, 6.45) is 2.82. The van der Waals surface area contributed by atoms with Gasteiger partial charge in [0.2, 0.25) is 0 Å². The van der Waals surface area contributed by atoms with E-state index in [9.17, 15) is 0 Å². The molecule has 0 bridgehead atoms. The standard InChI is InChI=1S/C13H24N4S.HI/c1-6-14-12(17-13(3,4)5)15-8-7-11-16-9-10(2)18-11;/h9H,6-8H2,1-5H3,(H2,14,15,17);1H. The fraction of sp³-hybridized carbons (Fsp3) is 0.692. The van der Waals surface area contributed by atoms with Crippen molar-refractivity contribution in [3.05, 3.63) is 16.1 Å². The molecule has 0 unspecified atom stereocenters. The summed E-state index contributed by atoms with van der Waals surface area (Å²) in [7, 11) is 0. The van der Waals surface area contributed by atoms with Crippen LogP contribution >= 0.6 is 35.3 Å². The average molecular weight is 396 g/mol. The number of guanidine groups is 1. The van der Waals surface area contributed by atoms with Gasteiger partial charge in [-0.05, 0) is 34.6 Å². The number of nitrogens with zero attached hydrogens (tertiary/aromatic N) is 2. The van der Waals surface area contributed by atoms with Crippen LogP contribution in [0.5, 0.6) is 0 Å². The molecule has 1 heterocycles. The van der Waals surface area contributed by atoms with Gasteiger partial charge in [-0.25, -0.2) is 4.98 Å². The van der Waals surface area contributed by atoms with E-state index in [-0.39, 0.29) is 29.5 Å². The number of thiazole rings is 1. The van der Waals surface area contributed by atoms with Crippen LogP contribution in [0.2, 0.25) is 0 Å². The van der Waals surface area contributed by atoms with Gasteiger partial charge in [0.15, 0.2) is 5.96 Å². The summed E-state index contributed by atoms with van der Waals surface area (Å²) in [6, 6.07) is 0. The topological polar surface area (TPSA) is 49.3 Å². The molecule has 0 saturated heterocycles. The van der Waals surface area contributed by atoms with E-state index >= 15 is 0 Å². The maximum absolute atomic E-state index is 4.56. The Kier molecular flexibility index (Phi) is 8.56. The number of aromatic nitrogens is 1. The van der Waals surface area contributed by atoms with Crippen LogP contribution in [-0.2, 0) is 6.42 Å². The molecule has 0 amide bonds. The maximum atomic E-state index is 4.56. The minimum atomic E-state index is 0. The minimum absolute atomic E-state index is 0. The van der Waals surface area contributed by atoms with Gasteiger partial charge in [0.05, 0.1) is 5.01 Å². The van der Waals surface area contributed by atoms with Gasteiger partial charge in [-0.15, -0.1) is 35.3 Å². The van der Waals surface area contributed by atoms with Gasteiger partial charge in [0, 0.05) is 36.1 Å². The van der Waals surface area contributed by atoms with E-state index in [0.29, 0.717) is 0 Å². The Morgan fingerprint density at radius 1 is 1.42 bits per heavy atom. The molecule has 0 atom stereocenters. The molecule has 4 nitrogen and oxygen atoms in total. The zero-order chi connectivity index (χ0) is 13.6. The molecule has 6 heteroatoms. The second-order valence-electron chi connectivity index (χ2n) is 5.25. The lowest BCUT2D eigenvalue weighted by Gasteiger charge is -2.23. The van der Waals surface area contributed by atoms with Crippen molar-refractivity contribution in [2.45, 2.75) is 46.6 Å².